The molecule has 0 aliphatic carbocycles. The number of rotatable bonds is 7. The first-order valence-corrected chi connectivity index (χ1v) is 6.31. The lowest BCUT2D eigenvalue weighted by molar-refractivity contribution is -0.121. The Morgan fingerprint density at radius 1 is 1.44 bits per heavy atom. The molecular formula is C14H20FNO2. The molecule has 0 saturated carbocycles. The van der Waals surface area contributed by atoms with Gasteiger partial charge in [0.05, 0.1) is 6.10 Å². The normalized spacial score (nSPS) is 12.2. The summed E-state index contributed by atoms with van der Waals surface area (Å²) >= 11 is 0. The van der Waals surface area contributed by atoms with Crippen LogP contribution in [0, 0.1) is 5.82 Å². The second-order valence-corrected chi connectivity index (χ2v) is 4.34. The molecule has 2 N–H and O–H groups in total. The van der Waals surface area contributed by atoms with Crippen molar-refractivity contribution in [1.29, 1.82) is 0 Å². The summed E-state index contributed by atoms with van der Waals surface area (Å²) in [6.07, 6.45) is 1.68. The fourth-order valence-electron chi connectivity index (χ4n) is 1.70. The van der Waals surface area contributed by atoms with Crippen LogP contribution in [0.5, 0.6) is 0 Å². The maximum Gasteiger partial charge on any atom is 0.220 e. The van der Waals surface area contributed by atoms with E-state index in [1.54, 1.807) is 18.2 Å². The SMILES string of the molecule is CCCC(O)CNC(=O)CCc1ccccc1F. The van der Waals surface area contributed by atoms with Crippen LogP contribution in [0.2, 0.25) is 0 Å². The maximum absolute atomic E-state index is 13.3. The van der Waals surface area contributed by atoms with Crippen LogP contribution in [-0.4, -0.2) is 23.7 Å². The fourth-order valence-corrected chi connectivity index (χ4v) is 1.70. The van der Waals surface area contributed by atoms with Crippen molar-refractivity contribution in [3.8, 4) is 0 Å². The van der Waals surface area contributed by atoms with Gasteiger partial charge in [-0.1, -0.05) is 31.5 Å². The third-order valence-electron chi connectivity index (χ3n) is 2.74. The van der Waals surface area contributed by atoms with Crippen LogP contribution in [0.4, 0.5) is 4.39 Å². The van der Waals surface area contributed by atoms with Gasteiger partial charge in [-0.05, 0) is 24.5 Å². The number of halogens is 1. The molecule has 3 nitrogen and oxygen atoms in total. The van der Waals surface area contributed by atoms with E-state index in [4.69, 9.17) is 0 Å². The first kappa shape index (κ1) is 14.6. The zero-order valence-corrected chi connectivity index (χ0v) is 10.7. The van der Waals surface area contributed by atoms with Gasteiger partial charge in [0, 0.05) is 13.0 Å². The van der Waals surface area contributed by atoms with Crippen molar-refractivity contribution in [3.63, 3.8) is 0 Å². The fraction of sp³-hybridized carbons (Fsp3) is 0.500. The Bertz CT molecular complexity index is 382. The molecule has 100 valence electrons. The molecule has 1 aromatic rings. The highest BCUT2D eigenvalue weighted by atomic mass is 19.1. The topological polar surface area (TPSA) is 49.3 Å². The van der Waals surface area contributed by atoms with E-state index in [2.05, 4.69) is 5.32 Å². The minimum atomic E-state index is -0.493. The third kappa shape index (κ3) is 5.27. The molecule has 0 bridgehead atoms. The van der Waals surface area contributed by atoms with Crippen molar-refractivity contribution in [2.24, 2.45) is 0 Å². The predicted octanol–water partition coefficient (Wildman–Crippen LogP) is 2.04. The van der Waals surface area contributed by atoms with E-state index in [1.807, 2.05) is 6.92 Å². The van der Waals surface area contributed by atoms with E-state index in [0.717, 1.165) is 6.42 Å². The minimum Gasteiger partial charge on any atom is -0.391 e. The lowest BCUT2D eigenvalue weighted by atomic mass is 10.1. The molecule has 0 radical (unpaired) electrons. The molecule has 1 rings (SSSR count). The summed E-state index contributed by atoms with van der Waals surface area (Å²) in [6.45, 7) is 2.24. The van der Waals surface area contributed by atoms with Crippen molar-refractivity contribution >= 4 is 5.91 Å². The van der Waals surface area contributed by atoms with Crippen molar-refractivity contribution in [1.82, 2.24) is 5.32 Å². The molecule has 0 aliphatic heterocycles. The van der Waals surface area contributed by atoms with Crippen LogP contribution in [-0.2, 0) is 11.2 Å². The van der Waals surface area contributed by atoms with Gasteiger partial charge in [0.1, 0.15) is 5.82 Å². The number of benzene rings is 1. The van der Waals surface area contributed by atoms with Crippen LogP contribution in [0.3, 0.4) is 0 Å². The zero-order valence-electron chi connectivity index (χ0n) is 10.7. The average Bonchev–Trinajstić information content (AvgIpc) is 2.36. The summed E-state index contributed by atoms with van der Waals surface area (Å²) < 4.78 is 13.3. The van der Waals surface area contributed by atoms with Gasteiger partial charge in [-0.3, -0.25) is 4.79 Å². The average molecular weight is 253 g/mol. The molecule has 0 spiro atoms. The van der Waals surface area contributed by atoms with Gasteiger partial charge in [0.2, 0.25) is 5.91 Å². The van der Waals surface area contributed by atoms with Crippen LogP contribution in [0.1, 0.15) is 31.7 Å². The van der Waals surface area contributed by atoms with Crippen molar-refractivity contribution in [2.75, 3.05) is 6.54 Å². The monoisotopic (exact) mass is 253 g/mol. The zero-order chi connectivity index (χ0) is 13.4. The molecule has 0 fully saturated rings. The van der Waals surface area contributed by atoms with Crippen LogP contribution in [0.25, 0.3) is 0 Å². The molecule has 0 heterocycles. The van der Waals surface area contributed by atoms with Crippen molar-refractivity contribution in [3.05, 3.63) is 35.6 Å². The molecule has 4 heteroatoms. The van der Waals surface area contributed by atoms with Gasteiger partial charge in [-0.2, -0.15) is 0 Å². The van der Waals surface area contributed by atoms with Crippen LogP contribution < -0.4 is 5.32 Å². The van der Waals surface area contributed by atoms with Crippen molar-refractivity contribution < 1.29 is 14.3 Å². The molecular weight excluding hydrogens is 233 g/mol. The van der Waals surface area contributed by atoms with Gasteiger partial charge in [-0.25, -0.2) is 4.39 Å². The third-order valence-corrected chi connectivity index (χ3v) is 2.74. The smallest absolute Gasteiger partial charge is 0.220 e. The summed E-state index contributed by atoms with van der Waals surface area (Å²) in [5.74, 6) is -0.440. The number of hydrogen-bond donors (Lipinski definition) is 2. The Morgan fingerprint density at radius 3 is 2.83 bits per heavy atom. The van der Waals surface area contributed by atoms with Crippen LogP contribution in [0.15, 0.2) is 24.3 Å². The van der Waals surface area contributed by atoms with Crippen molar-refractivity contribution in [2.45, 2.75) is 38.7 Å². The molecule has 0 aromatic heterocycles. The molecule has 1 atom stereocenters. The number of nitrogens with one attached hydrogen (secondary N) is 1. The van der Waals surface area contributed by atoms with Crippen LogP contribution >= 0.6 is 0 Å². The highest BCUT2D eigenvalue weighted by molar-refractivity contribution is 5.76. The lowest BCUT2D eigenvalue weighted by Crippen LogP contribution is -2.32. The Balaban J connectivity index is 2.27. The number of carbonyl (C=O) groups excluding carboxylic acids is 1. The quantitative estimate of drug-likeness (QED) is 0.781. The number of carbonyl (C=O) groups is 1. The predicted molar refractivity (Wildman–Crippen MR) is 68.6 cm³/mol. The summed E-state index contributed by atoms with van der Waals surface area (Å²) in [5.41, 5.74) is 0.543. The first-order chi connectivity index (χ1) is 8.63. The highest BCUT2D eigenvalue weighted by Gasteiger charge is 2.07. The first-order valence-electron chi connectivity index (χ1n) is 6.31. The lowest BCUT2D eigenvalue weighted by Gasteiger charge is -2.10. The summed E-state index contributed by atoms with van der Waals surface area (Å²) in [5, 5.41) is 12.1. The summed E-state index contributed by atoms with van der Waals surface area (Å²) in [6, 6.07) is 6.44. The van der Waals surface area contributed by atoms with Gasteiger partial charge in [0.25, 0.3) is 0 Å². The van der Waals surface area contributed by atoms with Gasteiger partial charge < -0.3 is 10.4 Å². The molecule has 1 aromatic carbocycles. The number of hydrogen-bond acceptors (Lipinski definition) is 2. The second kappa shape index (κ2) is 7.82. The summed E-state index contributed by atoms with van der Waals surface area (Å²) in [4.78, 5) is 11.5. The standard InChI is InChI=1S/C14H20FNO2/c1-2-5-12(17)10-16-14(18)9-8-11-6-3-4-7-13(11)15/h3-4,6-7,12,17H,2,5,8-10H2,1H3,(H,16,18). The highest BCUT2D eigenvalue weighted by Crippen LogP contribution is 2.08. The van der Waals surface area contributed by atoms with E-state index in [0.29, 0.717) is 18.4 Å². The Morgan fingerprint density at radius 2 is 2.17 bits per heavy atom. The van der Waals surface area contributed by atoms with E-state index in [1.165, 1.54) is 6.07 Å². The molecule has 0 saturated heterocycles. The van der Waals surface area contributed by atoms with E-state index in [-0.39, 0.29) is 24.7 Å². The van der Waals surface area contributed by atoms with Gasteiger partial charge in [-0.15, -0.1) is 0 Å². The Kier molecular flexibility index (Phi) is 6.36. The Labute approximate surface area is 107 Å². The van der Waals surface area contributed by atoms with E-state index < -0.39 is 6.10 Å². The minimum absolute atomic E-state index is 0.159. The second-order valence-electron chi connectivity index (χ2n) is 4.34. The molecule has 1 amide bonds. The number of aliphatic hydroxyl groups is 1. The Hall–Kier alpha value is -1.42. The maximum atomic E-state index is 13.3. The molecule has 18 heavy (non-hydrogen) atoms. The molecule has 0 aliphatic rings. The number of amides is 1. The number of aryl methyl sites for hydroxylation is 1. The number of aliphatic hydroxyl groups excluding tert-OH is 1. The van der Waals surface area contributed by atoms with E-state index in [9.17, 15) is 14.3 Å². The van der Waals surface area contributed by atoms with E-state index >= 15 is 0 Å². The summed E-state index contributed by atoms with van der Waals surface area (Å²) in [7, 11) is 0. The van der Waals surface area contributed by atoms with Gasteiger partial charge in [0.15, 0.2) is 0 Å². The van der Waals surface area contributed by atoms with Gasteiger partial charge >= 0.3 is 0 Å². The molecule has 1 unspecified atom stereocenters. The largest absolute Gasteiger partial charge is 0.391 e.